The van der Waals surface area contributed by atoms with Crippen molar-refractivity contribution in [3.63, 3.8) is 0 Å². The van der Waals surface area contributed by atoms with Gasteiger partial charge in [-0.1, -0.05) is 12.1 Å². The molecule has 4 aromatic rings. The normalized spacial score (nSPS) is 14.0. The van der Waals surface area contributed by atoms with Crippen LogP contribution in [0.3, 0.4) is 0 Å². The molecule has 2 aromatic carbocycles. The van der Waals surface area contributed by atoms with E-state index in [0.717, 1.165) is 54.9 Å². The number of anilines is 2. The third kappa shape index (κ3) is 4.83. The topological polar surface area (TPSA) is 48.5 Å². The van der Waals surface area contributed by atoms with Crippen molar-refractivity contribution < 1.29 is 9.18 Å². The molecule has 168 valence electrons. The SMILES string of the molecule is O=C(NCCc1cccs1)c1ccc2ccnc(N3CCN(c4ccc(F)cc4)CC3)c2c1. The summed E-state index contributed by atoms with van der Waals surface area (Å²) in [6.07, 6.45) is 2.66. The third-order valence-corrected chi connectivity index (χ3v) is 6.95. The first-order valence-corrected chi connectivity index (χ1v) is 12.0. The summed E-state index contributed by atoms with van der Waals surface area (Å²) in [4.78, 5) is 23.2. The van der Waals surface area contributed by atoms with E-state index in [1.54, 1.807) is 11.3 Å². The molecule has 0 spiro atoms. The van der Waals surface area contributed by atoms with Crippen LogP contribution in [0.5, 0.6) is 0 Å². The molecule has 1 aliphatic rings. The molecule has 1 fully saturated rings. The Balaban J connectivity index is 1.29. The van der Waals surface area contributed by atoms with Crippen LogP contribution in [0, 0.1) is 5.82 Å². The number of hydrogen-bond acceptors (Lipinski definition) is 5. The Morgan fingerprint density at radius 2 is 1.79 bits per heavy atom. The summed E-state index contributed by atoms with van der Waals surface area (Å²) >= 11 is 1.70. The van der Waals surface area contributed by atoms with Crippen LogP contribution in [0.15, 0.2) is 72.2 Å². The first-order chi connectivity index (χ1) is 16.2. The van der Waals surface area contributed by atoms with Gasteiger partial charge in [-0.25, -0.2) is 9.37 Å². The number of carbonyl (C=O) groups is 1. The molecule has 0 unspecified atom stereocenters. The van der Waals surface area contributed by atoms with Crippen LogP contribution in [-0.2, 0) is 6.42 Å². The van der Waals surface area contributed by atoms with Crippen LogP contribution in [0.4, 0.5) is 15.9 Å². The average Bonchev–Trinajstić information content (AvgIpc) is 3.37. The molecule has 1 N–H and O–H groups in total. The Hall–Kier alpha value is -3.45. The minimum atomic E-state index is -0.219. The van der Waals surface area contributed by atoms with Gasteiger partial charge in [-0.15, -0.1) is 11.3 Å². The lowest BCUT2D eigenvalue weighted by Crippen LogP contribution is -2.46. The number of piperazine rings is 1. The van der Waals surface area contributed by atoms with Crippen molar-refractivity contribution in [3.8, 4) is 0 Å². The fourth-order valence-electron chi connectivity index (χ4n) is 4.23. The number of fused-ring (bicyclic) bond motifs is 1. The van der Waals surface area contributed by atoms with E-state index < -0.39 is 0 Å². The van der Waals surface area contributed by atoms with E-state index in [2.05, 4.69) is 31.5 Å². The maximum atomic E-state index is 13.2. The van der Waals surface area contributed by atoms with Crippen LogP contribution >= 0.6 is 11.3 Å². The largest absolute Gasteiger partial charge is 0.368 e. The monoisotopic (exact) mass is 460 g/mol. The van der Waals surface area contributed by atoms with Crippen molar-refractivity contribution in [3.05, 3.63) is 88.5 Å². The van der Waals surface area contributed by atoms with Crippen LogP contribution < -0.4 is 15.1 Å². The Labute approximate surface area is 196 Å². The zero-order chi connectivity index (χ0) is 22.6. The molecule has 0 radical (unpaired) electrons. The molecule has 5 rings (SSSR count). The smallest absolute Gasteiger partial charge is 0.251 e. The lowest BCUT2D eigenvalue weighted by molar-refractivity contribution is 0.0954. The highest BCUT2D eigenvalue weighted by atomic mass is 32.1. The van der Waals surface area contributed by atoms with Crippen molar-refractivity contribution in [1.29, 1.82) is 0 Å². The van der Waals surface area contributed by atoms with Gasteiger partial charge in [0.15, 0.2) is 0 Å². The molecule has 0 saturated carbocycles. The second-order valence-corrected chi connectivity index (χ2v) is 9.14. The molecule has 5 nitrogen and oxygen atoms in total. The Morgan fingerprint density at radius 1 is 1.00 bits per heavy atom. The van der Waals surface area contributed by atoms with E-state index in [1.807, 2.05) is 48.7 Å². The van der Waals surface area contributed by atoms with Crippen LogP contribution in [-0.4, -0.2) is 43.6 Å². The molecule has 7 heteroatoms. The Kier molecular flexibility index (Phi) is 6.21. The zero-order valence-corrected chi connectivity index (χ0v) is 19.0. The number of hydrogen-bond donors (Lipinski definition) is 1. The summed E-state index contributed by atoms with van der Waals surface area (Å²) in [6, 6.07) is 18.6. The van der Waals surface area contributed by atoms with E-state index >= 15 is 0 Å². The fraction of sp³-hybridized carbons (Fsp3) is 0.231. The number of pyridine rings is 1. The van der Waals surface area contributed by atoms with Crippen molar-refractivity contribution in [2.45, 2.75) is 6.42 Å². The highest BCUT2D eigenvalue weighted by Crippen LogP contribution is 2.27. The Bertz CT molecular complexity index is 1240. The number of benzene rings is 2. The summed E-state index contributed by atoms with van der Waals surface area (Å²) in [5, 5.41) is 7.13. The van der Waals surface area contributed by atoms with Crippen molar-refractivity contribution >= 4 is 39.5 Å². The highest BCUT2D eigenvalue weighted by molar-refractivity contribution is 7.09. The minimum Gasteiger partial charge on any atom is -0.368 e. The molecule has 0 bridgehead atoms. The van der Waals surface area contributed by atoms with Crippen LogP contribution in [0.25, 0.3) is 10.8 Å². The van der Waals surface area contributed by atoms with E-state index in [-0.39, 0.29) is 11.7 Å². The molecule has 0 atom stereocenters. The van der Waals surface area contributed by atoms with Gasteiger partial charge in [0.05, 0.1) is 0 Å². The van der Waals surface area contributed by atoms with Gasteiger partial charge in [0.1, 0.15) is 11.6 Å². The predicted octanol–water partition coefficient (Wildman–Crippen LogP) is 4.73. The van der Waals surface area contributed by atoms with Crippen LogP contribution in [0.2, 0.25) is 0 Å². The van der Waals surface area contributed by atoms with Crippen LogP contribution in [0.1, 0.15) is 15.2 Å². The van der Waals surface area contributed by atoms with Gasteiger partial charge in [-0.05, 0) is 65.7 Å². The van der Waals surface area contributed by atoms with E-state index in [0.29, 0.717) is 12.1 Å². The standard InChI is InChI=1S/C26H25FN4OS/c27-21-5-7-22(8-6-21)30-13-15-31(16-14-30)25-24-18-20(4-3-19(24)9-11-28-25)26(32)29-12-10-23-2-1-17-33-23/h1-9,11,17-18H,10,12-16H2,(H,29,32). The van der Waals surface area contributed by atoms with Gasteiger partial charge in [0, 0.05) is 60.4 Å². The minimum absolute atomic E-state index is 0.0654. The maximum Gasteiger partial charge on any atom is 0.251 e. The number of halogens is 1. The average molecular weight is 461 g/mol. The summed E-state index contributed by atoms with van der Waals surface area (Å²) in [5.41, 5.74) is 1.68. The molecule has 1 saturated heterocycles. The summed E-state index contributed by atoms with van der Waals surface area (Å²) in [5.74, 6) is 0.618. The van der Waals surface area contributed by atoms with Crippen molar-refractivity contribution in [2.75, 3.05) is 42.5 Å². The lowest BCUT2D eigenvalue weighted by Gasteiger charge is -2.37. The summed E-state index contributed by atoms with van der Waals surface area (Å²) in [7, 11) is 0. The summed E-state index contributed by atoms with van der Waals surface area (Å²) < 4.78 is 13.2. The van der Waals surface area contributed by atoms with Crippen molar-refractivity contribution in [2.24, 2.45) is 0 Å². The van der Waals surface area contributed by atoms with Gasteiger partial charge in [0.25, 0.3) is 5.91 Å². The van der Waals surface area contributed by atoms with Gasteiger partial charge >= 0.3 is 0 Å². The molecule has 2 aromatic heterocycles. The Morgan fingerprint density at radius 3 is 2.55 bits per heavy atom. The second kappa shape index (κ2) is 9.58. The number of amides is 1. The van der Waals surface area contributed by atoms with Gasteiger partial charge < -0.3 is 15.1 Å². The first kappa shape index (κ1) is 21.4. The molecule has 0 aliphatic carbocycles. The number of nitrogens with one attached hydrogen (secondary N) is 1. The molecule has 1 amide bonds. The third-order valence-electron chi connectivity index (χ3n) is 6.02. The molecular weight excluding hydrogens is 435 g/mol. The van der Waals surface area contributed by atoms with Gasteiger partial charge in [-0.2, -0.15) is 0 Å². The predicted molar refractivity (Wildman–Crippen MR) is 133 cm³/mol. The second-order valence-electron chi connectivity index (χ2n) is 8.11. The number of rotatable bonds is 6. The lowest BCUT2D eigenvalue weighted by atomic mass is 10.1. The van der Waals surface area contributed by atoms with Crippen molar-refractivity contribution in [1.82, 2.24) is 10.3 Å². The van der Waals surface area contributed by atoms with E-state index in [1.165, 1.54) is 17.0 Å². The quantitative estimate of drug-likeness (QED) is 0.452. The zero-order valence-electron chi connectivity index (χ0n) is 18.2. The van der Waals surface area contributed by atoms with Gasteiger partial charge in [-0.3, -0.25) is 4.79 Å². The summed E-state index contributed by atoms with van der Waals surface area (Å²) in [6.45, 7) is 3.88. The maximum absolute atomic E-state index is 13.2. The number of nitrogens with zero attached hydrogens (tertiary/aromatic N) is 3. The number of aromatic nitrogens is 1. The fourth-order valence-corrected chi connectivity index (χ4v) is 4.94. The molecule has 1 aliphatic heterocycles. The number of carbonyl (C=O) groups excluding carboxylic acids is 1. The molecule has 33 heavy (non-hydrogen) atoms. The molecular formula is C26H25FN4OS. The van der Waals surface area contributed by atoms with E-state index in [4.69, 9.17) is 0 Å². The number of thiophene rings is 1. The molecule has 3 heterocycles. The first-order valence-electron chi connectivity index (χ1n) is 11.1. The van der Waals surface area contributed by atoms with E-state index in [9.17, 15) is 9.18 Å². The van der Waals surface area contributed by atoms with Gasteiger partial charge in [0.2, 0.25) is 0 Å². The highest BCUT2D eigenvalue weighted by Gasteiger charge is 2.20.